The Kier molecular flexibility index (Phi) is 21.6. The van der Waals surface area contributed by atoms with Gasteiger partial charge in [-0.2, -0.15) is 0 Å². The van der Waals surface area contributed by atoms with Gasteiger partial charge in [0, 0.05) is 0 Å². The molecule has 16 N–H and O–H groups in total. The number of aliphatic hydroxyl groups excluding tert-OH is 1. The van der Waals surface area contributed by atoms with E-state index in [1.807, 2.05) is 0 Å². The second-order valence-electron chi connectivity index (χ2n) is 8.98. The molecule has 0 radical (unpaired) electrons. The maximum absolute atomic E-state index is 11.7. The molecule has 234 valence electrons. The number of hydrogen-bond donors (Lipinski definition) is 9. The minimum Gasteiger partial charge on any atom is -0.480 e. The Hall–Kier alpha value is -2.77. The van der Waals surface area contributed by atoms with Crippen LogP contribution in [-0.2, 0) is 38.2 Å². The minimum atomic E-state index is -1.38. The lowest BCUT2D eigenvalue weighted by atomic mass is 10.1. The van der Waals surface area contributed by atoms with Crippen molar-refractivity contribution in [3.05, 3.63) is 0 Å². The molecule has 0 unspecified atom stereocenters. The smallest absolute Gasteiger partial charge is 0.334 e. The highest BCUT2D eigenvalue weighted by Gasteiger charge is 2.30. The van der Waals surface area contributed by atoms with Crippen molar-refractivity contribution in [1.29, 1.82) is 0 Å². The molecule has 0 saturated carbocycles. The Balaban J connectivity index is 0. The van der Waals surface area contributed by atoms with Crippen LogP contribution in [0.1, 0.15) is 52.4 Å². The van der Waals surface area contributed by atoms with Gasteiger partial charge in [-0.15, -0.1) is 0 Å². The first-order valence-electron chi connectivity index (χ1n) is 12.8. The van der Waals surface area contributed by atoms with Gasteiger partial charge in [-0.3, -0.25) is 14.4 Å². The van der Waals surface area contributed by atoms with Gasteiger partial charge in [0.15, 0.2) is 0 Å². The van der Waals surface area contributed by atoms with Crippen molar-refractivity contribution in [1.82, 2.24) is 0 Å². The van der Waals surface area contributed by atoms with Gasteiger partial charge in [0.1, 0.15) is 42.4 Å². The Morgan fingerprint density at radius 3 is 1.43 bits per heavy atom. The summed E-state index contributed by atoms with van der Waals surface area (Å²) in [5, 5.41) is 17.3. The first-order valence-corrected chi connectivity index (χ1v) is 12.8. The summed E-state index contributed by atoms with van der Waals surface area (Å²) in [4.78, 5) is 56.7. The van der Waals surface area contributed by atoms with E-state index in [2.05, 4.69) is 4.74 Å². The summed E-state index contributed by atoms with van der Waals surface area (Å²) in [6.07, 6.45) is 1.64. The number of carbonyl (C=O) groups is 5. The zero-order chi connectivity index (χ0) is 31.4. The van der Waals surface area contributed by atoms with Crippen LogP contribution < -0.4 is 40.1 Å². The van der Waals surface area contributed by atoms with E-state index < -0.39 is 78.9 Å². The average molecular weight is 582 g/mol. The highest BCUT2D eigenvalue weighted by molar-refractivity contribution is 5.91. The summed E-state index contributed by atoms with van der Waals surface area (Å²) in [6.45, 7) is 3.16. The van der Waals surface area contributed by atoms with Crippen LogP contribution in [0.5, 0.6) is 0 Å². The fourth-order valence-corrected chi connectivity index (χ4v) is 2.65. The van der Waals surface area contributed by atoms with E-state index in [-0.39, 0.29) is 0 Å². The predicted octanol–water partition coefficient (Wildman–Crippen LogP) is -4.12. The number of carboxylic acid groups (broad SMARTS) is 1. The Morgan fingerprint density at radius 2 is 1.02 bits per heavy atom. The standard InChI is InChI=1S/C13H26N4O6.C10H21N3O4/c1-7(22-12(20)9(16)6-18)10(17)13(21)23-11(19)8(15)4-2-3-5-14;1-6(8(13)9(14)15)17-10(16)7(12)4-2-3-5-11/h7-10,18H,2-6,14-17H2,1H3;6-8H,2-5,11-13H2,1H3,(H,14,15)/t7-,8+,9+,10+;6-,7+,8+/m11/s1. The molecule has 0 aliphatic carbocycles. The van der Waals surface area contributed by atoms with Crippen molar-refractivity contribution >= 4 is 29.8 Å². The number of carboxylic acids is 1. The summed E-state index contributed by atoms with van der Waals surface area (Å²) in [7, 11) is 0. The van der Waals surface area contributed by atoms with Crippen molar-refractivity contribution < 1.29 is 48.4 Å². The largest absolute Gasteiger partial charge is 0.480 e. The Morgan fingerprint density at radius 1 is 0.625 bits per heavy atom. The third kappa shape index (κ3) is 17.0. The number of unbranched alkanes of at least 4 members (excludes halogenated alkanes) is 2. The molecule has 0 aliphatic heterocycles. The number of carbonyl (C=O) groups excluding carboxylic acids is 4. The molecule has 0 aliphatic rings. The Bertz CT molecular complexity index is 789. The maximum atomic E-state index is 11.7. The summed E-state index contributed by atoms with van der Waals surface area (Å²) >= 11 is 0. The quantitative estimate of drug-likeness (QED) is 0.0321. The summed E-state index contributed by atoms with van der Waals surface area (Å²) in [5.74, 6) is -4.75. The monoisotopic (exact) mass is 581 g/mol. The molecule has 0 aromatic heterocycles. The van der Waals surface area contributed by atoms with Crippen LogP contribution in [0.4, 0.5) is 0 Å². The number of aliphatic hydroxyl groups is 1. The van der Waals surface area contributed by atoms with Crippen molar-refractivity contribution in [3.8, 4) is 0 Å². The number of nitrogens with two attached hydrogens (primary N) is 7. The first-order chi connectivity index (χ1) is 18.6. The van der Waals surface area contributed by atoms with Crippen LogP contribution in [0.15, 0.2) is 0 Å². The van der Waals surface area contributed by atoms with Gasteiger partial charge in [0.05, 0.1) is 6.61 Å². The van der Waals surface area contributed by atoms with Crippen LogP contribution in [0.25, 0.3) is 0 Å². The third-order valence-corrected chi connectivity index (χ3v) is 5.42. The molecule has 0 fully saturated rings. The molecule has 0 amide bonds. The third-order valence-electron chi connectivity index (χ3n) is 5.42. The van der Waals surface area contributed by atoms with E-state index >= 15 is 0 Å². The molecular weight excluding hydrogens is 534 g/mol. The van der Waals surface area contributed by atoms with E-state index in [4.69, 9.17) is 59.8 Å². The van der Waals surface area contributed by atoms with Gasteiger partial charge in [-0.25, -0.2) is 9.59 Å². The highest BCUT2D eigenvalue weighted by atomic mass is 16.6. The average Bonchev–Trinajstić information content (AvgIpc) is 2.91. The molecule has 0 spiro atoms. The zero-order valence-corrected chi connectivity index (χ0v) is 23.1. The number of esters is 4. The lowest BCUT2D eigenvalue weighted by Crippen LogP contribution is -2.48. The molecule has 17 nitrogen and oxygen atoms in total. The summed E-state index contributed by atoms with van der Waals surface area (Å²) in [6, 6.07) is -5.58. The molecule has 0 bridgehead atoms. The minimum absolute atomic E-state index is 0.328. The van der Waals surface area contributed by atoms with Gasteiger partial charge < -0.3 is 64.6 Å². The molecule has 40 heavy (non-hydrogen) atoms. The SMILES string of the molecule is C[C@@H](OC(=O)[C@@H](N)CCCCN)[C@H](N)C(=O)O.C[C@@H](OC(=O)[C@@H](N)CO)[C@H](N)C(=O)OC(=O)[C@@H](N)CCCCN. The molecule has 0 saturated heterocycles. The van der Waals surface area contributed by atoms with Gasteiger partial charge in [0.25, 0.3) is 0 Å². The van der Waals surface area contributed by atoms with Crippen LogP contribution in [-0.4, -0.2) is 102 Å². The van der Waals surface area contributed by atoms with Crippen LogP contribution >= 0.6 is 0 Å². The van der Waals surface area contributed by atoms with Gasteiger partial charge in [-0.1, -0.05) is 12.8 Å². The second-order valence-corrected chi connectivity index (χ2v) is 8.98. The van der Waals surface area contributed by atoms with Gasteiger partial charge in [-0.05, 0) is 52.6 Å². The van der Waals surface area contributed by atoms with Crippen molar-refractivity contribution in [2.75, 3.05) is 19.7 Å². The molecule has 0 heterocycles. The van der Waals surface area contributed by atoms with Crippen LogP contribution in [0.3, 0.4) is 0 Å². The first kappa shape index (κ1) is 39.4. The molecule has 0 aromatic rings. The van der Waals surface area contributed by atoms with Crippen molar-refractivity contribution in [2.24, 2.45) is 40.1 Å². The number of hydrogen-bond acceptors (Lipinski definition) is 16. The normalized spacial score (nSPS) is 16.1. The van der Waals surface area contributed by atoms with Crippen molar-refractivity contribution in [3.63, 3.8) is 0 Å². The Labute approximate surface area is 233 Å². The van der Waals surface area contributed by atoms with Crippen LogP contribution in [0.2, 0.25) is 0 Å². The summed E-state index contributed by atoms with van der Waals surface area (Å²) < 4.78 is 14.2. The summed E-state index contributed by atoms with van der Waals surface area (Å²) in [5.41, 5.74) is 37.9. The van der Waals surface area contributed by atoms with Crippen LogP contribution in [0, 0.1) is 0 Å². The molecule has 7 atom stereocenters. The molecular formula is C23H47N7O10. The maximum Gasteiger partial charge on any atom is 0.334 e. The van der Waals surface area contributed by atoms with Gasteiger partial charge >= 0.3 is 29.8 Å². The van der Waals surface area contributed by atoms with E-state index in [0.29, 0.717) is 38.8 Å². The van der Waals surface area contributed by atoms with E-state index in [1.54, 1.807) is 0 Å². The predicted molar refractivity (Wildman–Crippen MR) is 143 cm³/mol. The number of rotatable bonds is 18. The van der Waals surface area contributed by atoms with E-state index in [9.17, 15) is 24.0 Å². The lowest BCUT2D eigenvalue weighted by Gasteiger charge is -2.20. The molecule has 0 rings (SSSR count). The fourth-order valence-electron chi connectivity index (χ4n) is 2.65. The zero-order valence-electron chi connectivity index (χ0n) is 23.1. The molecule has 17 heteroatoms. The number of aliphatic carboxylic acids is 1. The number of ether oxygens (including phenoxy) is 3. The topological polar surface area (TPSA) is 336 Å². The lowest BCUT2D eigenvalue weighted by molar-refractivity contribution is -0.165. The van der Waals surface area contributed by atoms with Gasteiger partial charge in [0.2, 0.25) is 0 Å². The molecule has 0 aromatic carbocycles. The fraction of sp³-hybridized carbons (Fsp3) is 0.783. The second kappa shape index (κ2) is 22.0. The van der Waals surface area contributed by atoms with Crippen molar-refractivity contribution in [2.45, 2.75) is 94.8 Å². The van der Waals surface area contributed by atoms with E-state index in [0.717, 1.165) is 12.8 Å². The van der Waals surface area contributed by atoms with E-state index in [1.165, 1.54) is 13.8 Å². The highest BCUT2D eigenvalue weighted by Crippen LogP contribution is 2.06.